The van der Waals surface area contributed by atoms with Gasteiger partial charge < -0.3 is 19.3 Å². The molecule has 0 fully saturated rings. The largest absolute Gasteiger partial charge is 0.497 e. The number of ether oxygens (including phenoxy) is 3. The van der Waals surface area contributed by atoms with E-state index in [2.05, 4.69) is 0 Å². The zero-order valence-corrected chi connectivity index (χ0v) is 13.0. The lowest BCUT2D eigenvalue weighted by atomic mass is 9.87. The van der Waals surface area contributed by atoms with Crippen molar-refractivity contribution in [2.24, 2.45) is 0 Å². The highest BCUT2D eigenvalue weighted by molar-refractivity contribution is 5.69. The molecule has 0 unspecified atom stereocenters. The molecule has 0 amide bonds. The molecule has 0 aromatic heterocycles. The van der Waals surface area contributed by atoms with Gasteiger partial charge in [-0.2, -0.15) is 0 Å². The Hall–Kier alpha value is -2.53. The Balaban J connectivity index is 1.85. The predicted molar refractivity (Wildman–Crippen MR) is 83.9 cm³/mol. The van der Waals surface area contributed by atoms with Gasteiger partial charge in [0.2, 0.25) is 0 Å². The summed E-state index contributed by atoms with van der Waals surface area (Å²) < 4.78 is 15.9. The zero-order valence-electron chi connectivity index (χ0n) is 13.0. The Morgan fingerprint density at radius 2 is 1.87 bits per heavy atom. The lowest BCUT2D eigenvalue weighted by Gasteiger charge is -2.30. The van der Waals surface area contributed by atoms with Crippen LogP contribution >= 0.6 is 0 Å². The first-order valence-corrected chi connectivity index (χ1v) is 7.35. The Morgan fingerprint density at radius 3 is 2.52 bits per heavy atom. The van der Waals surface area contributed by atoms with E-state index in [0.29, 0.717) is 23.7 Å². The standard InChI is InChI=1S/C18H18O5/c1-11(19)23-14-7-8-15-17(9-14)22-10-16(18(15)20)12-3-5-13(21-2)6-4-12/h3-9,16,18,20H,10H2,1-2H3/t16-,18-/m1/s1. The Kier molecular flexibility index (Phi) is 4.21. The molecular weight excluding hydrogens is 296 g/mol. The highest BCUT2D eigenvalue weighted by atomic mass is 16.5. The fourth-order valence-electron chi connectivity index (χ4n) is 2.73. The van der Waals surface area contributed by atoms with Crippen LogP contribution in [0.15, 0.2) is 42.5 Å². The molecule has 0 aliphatic carbocycles. The fraction of sp³-hybridized carbons (Fsp3) is 0.278. The zero-order chi connectivity index (χ0) is 16.4. The quantitative estimate of drug-likeness (QED) is 0.697. The monoisotopic (exact) mass is 314 g/mol. The number of fused-ring (bicyclic) bond motifs is 1. The van der Waals surface area contributed by atoms with E-state index in [9.17, 15) is 9.90 Å². The molecule has 0 saturated heterocycles. The smallest absolute Gasteiger partial charge is 0.308 e. The number of hydrogen-bond acceptors (Lipinski definition) is 5. The number of aliphatic hydroxyl groups excluding tert-OH is 1. The Morgan fingerprint density at radius 1 is 1.17 bits per heavy atom. The SMILES string of the molecule is COc1ccc([C@H]2COc3cc(OC(C)=O)ccc3[C@H]2O)cc1. The maximum atomic E-state index is 11.0. The van der Waals surface area contributed by atoms with E-state index < -0.39 is 12.1 Å². The van der Waals surface area contributed by atoms with Crippen molar-refractivity contribution in [1.82, 2.24) is 0 Å². The minimum Gasteiger partial charge on any atom is -0.497 e. The number of carbonyl (C=O) groups is 1. The van der Waals surface area contributed by atoms with Crippen LogP contribution in [0.25, 0.3) is 0 Å². The van der Waals surface area contributed by atoms with Crippen molar-refractivity contribution in [3.05, 3.63) is 53.6 Å². The minimum atomic E-state index is -0.682. The van der Waals surface area contributed by atoms with Crippen molar-refractivity contribution in [1.29, 1.82) is 0 Å². The molecule has 1 N–H and O–H groups in total. The van der Waals surface area contributed by atoms with Crippen LogP contribution in [-0.2, 0) is 4.79 Å². The molecule has 3 rings (SSSR count). The van der Waals surface area contributed by atoms with Gasteiger partial charge in [0.15, 0.2) is 0 Å². The Labute approximate surface area is 134 Å². The first-order chi connectivity index (χ1) is 11.1. The second kappa shape index (κ2) is 6.30. The molecular formula is C18H18O5. The number of esters is 1. The molecule has 0 saturated carbocycles. The average Bonchev–Trinajstić information content (AvgIpc) is 2.55. The van der Waals surface area contributed by atoms with Crippen LogP contribution in [0.2, 0.25) is 0 Å². The van der Waals surface area contributed by atoms with E-state index >= 15 is 0 Å². The molecule has 23 heavy (non-hydrogen) atoms. The van der Waals surface area contributed by atoms with Gasteiger partial charge in [-0.25, -0.2) is 0 Å². The van der Waals surface area contributed by atoms with Gasteiger partial charge in [0, 0.05) is 24.5 Å². The lowest BCUT2D eigenvalue weighted by molar-refractivity contribution is -0.131. The molecule has 1 aliphatic rings. The summed E-state index contributed by atoms with van der Waals surface area (Å²) in [5.41, 5.74) is 1.67. The number of hydrogen-bond donors (Lipinski definition) is 1. The topological polar surface area (TPSA) is 65.0 Å². The molecule has 1 aliphatic heterocycles. The van der Waals surface area contributed by atoms with Gasteiger partial charge in [-0.3, -0.25) is 4.79 Å². The van der Waals surface area contributed by atoms with Gasteiger partial charge in [-0.05, 0) is 29.8 Å². The third kappa shape index (κ3) is 3.14. The van der Waals surface area contributed by atoms with E-state index in [1.807, 2.05) is 24.3 Å². The number of rotatable bonds is 3. The summed E-state index contributed by atoms with van der Waals surface area (Å²) in [4.78, 5) is 11.0. The molecule has 5 nitrogen and oxygen atoms in total. The van der Waals surface area contributed by atoms with Gasteiger partial charge in [-0.15, -0.1) is 0 Å². The predicted octanol–water partition coefficient (Wildman–Crippen LogP) is 2.83. The minimum absolute atomic E-state index is 0.159. The molecule has 2 atom stereocenters. The summed E-state index contributed by atoms with van der Waals surface area (Å²) in [5.74, 6) is 1.17. The highest BCUT2D eigenvalue weighted by Crippen LogP contribution is 2.42. The van der Waals surface area contributed by atoms with Crippen molar-refractivity contribution in [2.45, 2.75) is 18.9 Å². The van der Waals surface area contributed by atoms with Gasteiger partial charge >= 0.3 is 5.97 Å². The molecule has 0 radical (unpaired) electrons. The molecule has 2 aromatic rings. The van der Waals surface area contributed by atoms with Crippen LogP contribution in [-0.4, -0.2) is 24.8 Å². The highest BCUT2D eigenvalue weighted by Gasteiger charge is 2.31. The average molecular weight is 314 g/mol. The number of benzene rings is 2. The molecule has 0 spiro atoms. The third-order valence-corrected chi connectivity index (χ3v) is 3.91. The second-order valence-corrected chi connectivity index (χ2v) is 5.43. The van der Waals surface area contributed by atoms with E-state index in [1.54, 1.807) is 25.3 Å². The number of methoxy groups -OCH3 is 1. The van der Waals surface area contributed by atoms with Crippen molar-refractivity contribution in [2.75, 3.05) is 13.7 Å². The van der Waals surface area contributed by atoms with Crippen LogP contribution in [0, 0.1) is 0 Å². The first-order valence-electron chi connectivity index (χ1n) is 7.35. The maximum absolute atomic E-state index is 11.0. The normalized spacial score (nSPS) is 19.4. The summed E-state index contributed by atoms with van der Waals surface area (Å²) in [5, 5.41) is 10.7. The van der Waals surface area contributed by atoms with Gasteiger partial charge in [0.1, 0.15) is 17.2 Å². The third-order valence-electron chi connectivity index (χ3n) is 3.91. The summed E-state index contributed by atoms with van der Waals surface area (Å²) in [6, 6.07) is 12.6. The molecule has 0 bridgehead atoms. The summed E-state index contributed by atoms with van der Waals surface area (Å²) in [6.45, 7) is 1.69. The van der Waals surface area contributed by atoms with E-state index in [4.69, 9.17) is 14.2 Å². The van der Waals surface area contributed by atoms with Crippen LogP contribution in [0.5, 0.6) is 17.2 Å². The molecule has 1 heterocycles. The van der Waals surface area contributed by atoms with Crippen molar-refractivity contribution < 1.29 is 24.1 Å². The first kappa shape index (κ1) is 15.4. The summed E-state index contributed by atoms with van der Waals surface area (Å²) in [7, 11) is 1.62. The van der Waals surface area contributed by atoms with Gasteiger partial charge in [0.25, 0.3) is 0 Å². The molecule has 2 aromatic carbocycles. The number of aliphatic hydroxyl groups is 1. The lowest BCUT2D eigenvalue weighted by Crippen LogP contribution is -2.24. The van der Waals surface area contributed by atoms with E-state index in [-0.39, 0.29) is 5.92 Å². The van der Waals surface area contributed by atoms with Crippen molar-refractivity contribution >= 4 is 5.97 Å². The van der Waals surface area contributed by atoms with E-state index in [0.717, 1.165) is 11.3 Å². The second-order valence-electron chi connectivity index (χ2n) is 5.43. The number of carbonyl (C=O) groups excluding carboxylic acids is 1. The van der Waals surface area contributed by atoms with Crippen LogP contribution in [0.1, 0.15) is 30.1 Å². The molecule has 5 heteroatoms. The molecule has 120 valence electrons. The maximum Gasteiger partial charge on any atom is 0.308 e. The van der Waals surface area contributed by atoms with Crippen molar-refractivity contribution in [3.8, 4) is 17.2 Å². The Bertz CT molecular complexity index is 708. The van der Waals surface area contributed by atoms with Crippen LogP contribution in [0.4, 0.5) is 0 Å². The van der Waals surface area contributed by atoms with Crippen molar-refractivity contribution in [3.63, 3.8) is 0 Å². The van der Waals surface area contributed by atoms with Crippen LogP contribution in [0.3, 0.4) is 0 Å². The van der Waals surface area contributed by atoms with Gasteiger partial charge in [0.05, 0.1) is 19.8 Å². The van der Waals surface area contributed by atoms with Gasteiger partial charge in [-0.1, -0.05) is 12.1 Å². The summed E-state index contributed by atoms with van der Waals surface area (Å²) in [6.07, 6.45) is -0.682. The van der Waals surface area contributed by atoms with Crippen LogP contribution < -0.4 is 14.2 Å². The van der Waals surface area contributed by atoms with E-state index in [1.165, 1.54) is 6.92 Å². The fourth-order valence-corrected chi connectivity index (χ4v) is 2.73. The summed E-state index contributed by atoms with van der Waals surface area (Å²) >= 11 is 0.